The van der Waals surface area contributed by atoms with Crippen molar-refractivity contribution < 1.29 is 0 Å². The molecule has 0 amide bonds. The standard InChI is InChI=1S/C11H24N2/c1-5-11(9(3)4)13(6-2)10-7-12-8-10/h9-12H,5-8H2,1-4H3. The maximum atomic E-state index is 3.35. The van der Waals surface area contributed by atoms with E-state index in [1.807, 2.05) is 0 Å². The minimum Gasteiger partial charge on any atom is -0.314 e. The van der Waals surface area contributed by atoms with Gasteiger partial charge in [0.2, 0.25) is 0 Å². The van der Waals surface area contributed by atoms with Crippen LogP contribution in [0.1, 0.15) is 34.1 Å². The zero-order valence-corrected chi connectivity index (χ0v) is 9.51. The van der Waals surface area contributed by atoms with Crippen molar-refractivity contribution in [3.63, 3.8) is 0 Å². The minimum atomic E-state index is 0.775. The molecule has 1 saturated heterocycles. The molecule has 0 radical (unpaired) electrons. The maximum absolute atomic E-state index is 3.35. The van der Waals surface area contributed by atoms with Gasteiger partial charge < -0.3 is 5.32 Å². The molecule has 0 spiro atoms. The predicted molar refractivity (Wildman–Crippen MR) is 58.0 cm³/mol. The molecule has 1 heterocycles. The summed E-state index contributed by atoms with van der Waals surface area (Å²) in [5, 5.41) is 3.35. The molecule has 0 aromatic carbocycles. The first-order valence-corrected chi connectivity index (χ1v) is 5.67. The van der Waals surface area contributed by atoms with Crippen molar-refractivity contribution in [3.05, 3.63) is 0 Å². The highest BCUT2D eigenvalue weighted by Crippen LogP contribution is 2.18. The molecule has 1 N–H and O–H groups in total. The van der Waals surface area contributed by atoms with Gasteiger partial charge in [-0.2, -0.15) is 0 Å². The maximum Gasteiger partial charge on any atom is 0.0348 e. The third kappa shape index (κ3) is 2.44. The van der Waals surface area contributed by atoms with Crippen molar-refractivity contribution in [2.75, 3.05) is 19.6 Å². The van der Waals surface area contributed by atoms with E-state index in [9.17, 15) is 0 Å². The van der Waals surface area contributed by atoms with E-state index in [2.05, 4.69) is 37.9 Å². The summed E-state index contributed by atoms with van der Waals surface area (Å²) in [6.45, 7) is 12.8. The van der Waals surface area contributed by atoms with Crippen LogP contribution in [0, 0.1) is 5.92 Å². The van der Waals surface area contributed by atoms with Crippen LogP contribution in [0.2, 0.25) is 0 Å². The molecular weight excluding hydrogens is 160 g/mol. The quantitative estimate of drug-likeness (QED) is 0.700. The van der Waals surface area contributed by atoms with Crippen LogP contribution < -0.4 is 5.32 Å². The lowest BCUT2D eigenvalue weighted by Crippen LogP contribution is -2.60. The predicted octanol–water partition coefficient (Wildman–Crippen LogP) is 1.71. The molecular formula is C11H24N2. The highest BCUT2D eigenvalue weighted by atomic mass is 15.3. The summed E-state index contributed by atoms with van der Waals surface area (Å²) in [6.07, 6.45) is 1.28. The molecule has 0 aromatic heterocycles. The molecule has 1 atom stereocenters. The monoisotopic (exact) mass is 184 g/mol. The van der Waals surface area contributed by atoms with Gasteiger partial charge in [0.05, 0.1) is 0 Å². The van der Waals surface area contributed by atoms with Crippen molar-refractivity contribution in [1.82, 2.24) is 10.2 Å². The molecule has 1 aliphatic rings. The zero-order valence-electron chi connectivity index (χ0n) is 9.51. The highest BCUT2D eigenvalue weighted by molar-refractivity contribution is 4.88. The first-order chi connectivity index (χ1) is 6.20. The van der Waals surface area contributed by atoms with Gasteiger partial charge in [0.15, 0.2) is 0 Å². The lowest BCUT2D eigenvalue weighted by Gasteiger charge is -2.43. The lowest BCUT2D eigenvalue weighted by molar-refractivity contribution is 0.0734. The van der Waals surface area contributed by atoms with Crippen molar-refractivity contribution in [2.45, 2.75) is 46.2 Å². The molecule has 0 bridgehead atoms. The summed E-state index contributed by atoms with van der Waals surface area (Å²) in [4.78, 5) is 2.67. The summed E-state index contributed by atoms with van der Waals surface area (Å²) >= 11 is 0. The molecule has 1 rings (SSSR count). The molecule has 2 nitrogen and oxygen atoms in total. The molecule has 0 aliphatic carbocycles. The molecule has 0 aromatic rings. The van der Waals surface area contributed by atoms with Crippen LogP contribution in [0.5, 0.6) is 0 Å². The Balaban J connectivity index is 2.50. The number of nitrogens with zero attached hydrogens (tertiary/aromatic N) is 1. The second-order valence-electron chi connectivity index (χ2n) is 4.36. The Morgan fingerprint density at radius 3 is 2.15 bits per heavy atom. The Morgan fingerprint density at radius 2 is 1.92 bits per heavy atom. The number of hydrogen-bond acceptors (Lipinski definition) is 2. The highest BCUT2D eigenvalue weighted by Gasteiger charge is 2.29. The van der Waals surface area contributed by atoms with E-state index < -0.39 is 0 Å². The fraction of sp³-hybridized carbons (Fsp3) is 1.00. The Morgan fingerprint density at radius 1 is 1.31 bits per heavy atom. The van der Waals surface area contributed by atoms with Crippen LogP contribution in [-0.4, -0.2) is 36.6 Å². The molecule has 1 fully saturated rings. The first kappa shape index (κ1) is 11.0. The largest absolute Gasteiger partial charge is 0.314 e. The van der Waals surface area contributed by atoms with Crippen LogP contribution in [-0.2, 0) is 0 Å². The molecule has 1 aliphatic heterocycles. The number of hydrogen-bond donors (Lipinski definition) is 1. The van der Waals surface area contributed by atoms with Gasteiger partial charge in [-0.25, -0.2) is 0 Å². The Labute approximate surface area is 82.7 Å². The average Bonchev–Trinajstić information content (AvgIpc) is 1.99. The minimum absolute atomic E-state index is 0.775. The van der Waals surface area contributed by atoms with E-state index in [0.717, 1.165) is 18.0 Å². The topological polar surface area (TPSA) is 15.3 Å². The first-order valence-electron chi connectivity index (χ1n) is 5.67. The number of likely N-dealkylation sites (N-methyl/N-ethyl adjacent to an activating group) is 1. The van der Waals surface area contributed by atoms with E-state index in [1.165, 1.54) is 26.1 Å². The Hall–Kier alpha value is -0.0800. The molecule has 0 saturated carbocycles. The van der Waals surface area contributed by atoms with Crippen molar-refractivity contribution in [2.24, 2.45) is 5.92 Å². The lowest BCUT2D eigenvalue weighted by atomic mass is 9.96. The second kappa shape index (κ2) is 4.97. The van der Waals surface area contributed by atoms with Crippen LogP contribution >= 0.6 is 0 Å². The zero-order chi connectivity index (χ0) is 9.84. The van der Waals surface area contributed by atoms with E-state index in [1.54, 1.807) is 0 Å². The van der Waals surface area contributed by atoms with Crippen LogP contribution in [0.3, 0.4) is 0 Å². The van der Waals surface area contributed by atoms with Crippen molar-refractivity contribution in [1.29, 1.82) is 0 Å². The summed E-state index contributed by atoms with van der Waals surface area (Å²) in [7, 11) is 0. The van der Waals surface area contributed by atoms with Crippen LogP contribution in [0.15, 0.2) is 0 Å². The summed E-state index contributed by atoms with van der Waals surface area (Å²) < 4.78 is 0. The normalized spacial score (nSPS) is 20.8. The third-order valence-corrected chi connectivity index (χ3v) is 3.21. The van der Waals surface area contributed by atoms with Gasteiger partial charge in [-0.15, -0.1) is 0 Å². The molecule has 13 heavy (non-hydrogen) atoms. The third-order valence-electron chi connectivity index (χ3n) is 3.21. The van der Waals surface area contributed by atoms with Crippen LogP contribution in [0.25, 0.3) is 0 Å². The van der Waals surface area contributed by atoms with Gasteiger partial charge >= 0.3 is 0 Å². The fourth-order valence-corrected chi connectivity index (χ4v) is 2.36. The van der Waals surface area contributed by atoms with Gasteiger partial charge in [0, 0.05) is 25.2 Å². The number of nitrogens with one attached hydrogen (secondary N) is 1. The SMILES string of the molecule is CCC(C(C)C)N(CC)C1CNC1. The average molecular weight is 184 g/mol. The van der Waals surface area contributed by atoms with E-state index in [0.29, 0.717) is 0 Å². The Bertz CT molecular complexity index is 141. The summed E-state index contributed by atoms with van der Waals surface area (Å²) in [5.74, 6) is 0.783. The van der Waals surface area contributed by atoms with Gasteiger partial charge in [-0.05, 0) is 18.9 Å². The Kier molecular flexibility index (Phi) is 4.20. The number of rotatable bonds is 5. The van der Waals surface area contributed by atoms with Crippen molar-refractivity contribution in [3.8, 4) is 0 Å². The van der Waals surface area contributed by atoms with Gasteiger partial charge in [-0.3, -0.25) is 4.90 Å². The van der Waals surface area contributed by atoms with Crippen LogP contribution in [0.4, 0.5) is 0 Å². The summed E-state index contributed by atoms with van der Waals surface area (Å²) in [5.41, 5.74) is 0. The van der Waals surface area contributed by atoms with Gasteiger partial charge in [-0.1, -0.05) is 27.7 Å². The van der Waals surface area contributed by atoms with E-state index >= 15 is 0 Å². The second-order valence-corrected chi connectivity index (χ2v) is 4.36. The molecule has 2 heteroatoms. The molecule has 1 unspecified atom stereocenters. The smallest absolute Gasteiger partial charge is 0.0348 e. The van der Waals surface area contributed by atoms with E-state index in [-0.39, 0.29) is 0 Å². The summed E-state index contributed by atoms with van der Waals surface area (Å²) in [6, 6.07) is 1.58. The van der Waals surface area contributed by atoms with Gasteiger partial charge in [0.25, 0.3) is 0 Å². The molecule has 78 valence electrons. The fourth-order valence-electron chi connectivity index (χ4n) is 2.36. The van der Waals surface area contributed by atoms with Gasteiger partial charge in [0.1, 0.15) is 0 Å². The van der Waals surface area contributed by atoms with Crippen molar-refractivity contribution >= 4 is 0 Å². The van der Waals surface area contributed by atoms with E-state index in [4.69, 9.17) is 0 Å².